The molecule has 0 amide bonds. The third-order valence-electron chi connectivity index (χ3n) is 4.61. The molecule has 24 heavy (non-hydrogen) atoms. The van der Waals surface area contributed by atoms with E-state index in [0.717, 1.165) is 0 Å². The van der Waals surface area contributed by atoms with Gasteiger partial charge in [0.2, 0.25) is 0 Å². The Kier molecular flexibility index (Phi) is 4.67. The molecule has 0 aliphatic carbocycles. The van der Waals surface area contributed by atoms with E-state index in [2.05, 4.69) is 4.98 Å². The number of halogens is 3. The van der Waals surface area contributed by atoms with Crippen molar-refractivity contribution in [3.8, 4) is 0 Å². The van der Waals surface area contributed by atoms with Crippen LogP contribution in [-0.4, -0.2) is 48.5 Å². The number of carbonyl (C=O) groups is 1. The molecule has 3 rings (SSSR count). The SMILES string of the molecule is O=C(O)c1cc(N2CCCC(C(F)(F)F)C2)nc2c1CCOCC2. The van der Waals surface area contributed by atoms with Crippen molar-refractivity contribution in [2.24, 2.45) is 5.92 Å². The number of anilines is 1. The Bertz CT molecular complexity index is 634. The molecular formula is C16H19F3N2O3. The summed E-state index contributed by atoms with van der Waals surface area (Å²) in [6.07, 6.45) is -2.80. The van der Waals surface area contributed by atoms with E-state index in [9.17, 15) is 23.1 Å². The quantitative estimate of drug-likeness (QED) is 0.894. The van der Waals surface area contributed by atoms with Gasteiger partial charge in [-0.25, -0.2) is 9.78 Å². The van der Waals surface area contributed by atoms with E-state index in [1.807, 2.05) is 0 Å². The van der Waals surface area contributed by atoms with Crippen molar-refractivity contribution in [3.05, 3.63) is 22.9 Å². The van der Waals surface area contributed by atoms with Gasteiger partial charge in [0.05, 0.1) is 24.7 Å². The second-order valence-corrected chi connectivity index (χ2v) is 6.20. The number of hydrogen-bond donors (Lipinski definition) is 1. The maximum absolute atomic E-state index is 13.0. The first kappa shape index (κ1) is 17.0. The maximum Gasteiger partial charge on any atom is 0.393 e. The van der Waals surface area contributed by atoms with Gasteiger partial charge in [0.25, 0.3) is 0 Å². The second-order valence-electron chi connectivity index (χ2n) is 6.20. The lowest BCUT2D eigenvalue weighted by molar-refractivity contribution is -0.176. The molecule has 0 radical (unpaired) electrons. The van der Waals surface area contributed by atoms with Crippen molar-refractivity contribution in [2.45, 2.75) is 31.9 Å². The summed E-state index contributed by atoms with van der Waals surface area (Å²) < 4.78 is 44.4. The van der Waals surface area contributed by atoms with Gasteiger partial charge in [0, 0.05) is 25.2 Å². The third-order valence-corrected chi connectivity index (χ3v) is 4.61. The molecule has 1 fully saturated rings. The first-order chi connectivity index (χ1) is 11.4. The Labute approximate surface area is 137 Å². The zero-order valence-electron chi connectivity index (χ0n) is 13.1. The number of fused-ring (bicyclic) bond motifs is 1. The molecule has 1 unspecified atom stereocenters. The average Bonchev–Trinajstić information content (AvgIpc) is 2.78. The molecule has 3 heterocycles. The van der Waals surface area contributed by atoms with Crippen LogP contribution < -0.4 is 4.90 Å². The normalized spacial score (nSPS) is 22.0. The first-order valence-corrected chi connectivity index (χ1v) is 8.01. The van der Waals surface area contributed by atoms with E-state index in [0.29, 0.717) is 56.1 Å². The van der Waals surface area contributed by atoms with Crippen LogP contribution in [0, 0.1) is 5.92 Å². The monoisotopic (exact) mass is 344 g/mol. The molecule has 1 aromatic rings. The summed E-state index contributed by atoms with van der Waals surface area (Å²) in [5.74, 6) is -2.16. The number of piperidine rings is 1. The molecule has 0 saturated carbocycles. The fraction of sp³-hybridized carbons (Fsp3) is 0.625. The van der Waals surface area contributed by atoms with Gasteiger partial charge < -0.3 is 14.7 Å². The lowest BCUT2D eigenvalue weighted by atomic mass is 9.96. The molecule has 1 atom stereocenters. The minimum atomic E-state index is -4.24. The number of aromatic carboxylic acids is 1. The molecule has 0 spiro atoms. The number of hydrogen-bond acceptors (Lipinski definition) is 4. The fourth-order valence-corrected chi connectivity index (χ4v) is 3.35. The number of rotatable bonds is 2. The Morgan fingerprint density at radius 1 is 1.33 bits per heavy atom. The van der Waals surface area contributed by atoms with Gasteiger partial charge in [0.1, 0.15) is 5.82 Å². The maximum atomic E-state index is 13.0. The lowest BCUT2D eigenvalue weighted by Crippen LogP contribution is -2.42. The van der Waals surface area contributed by atoms with Crippen molar-refractivity contribution in [2.75, 3.05) is 31.2 Å². The van der Waals surface area contributed by atoms with Crippen molar-refractivity contribution < 1.29 is 27.8 Å². The largest absolute Gasteiger partial charge is 0.478 e. The van der Waals surface area contributed by atoms with Crippen LogP contribution in [0.3, 0.4) is 0 Å². The van der Waals surface area contributed by atoms with Gasteiger partial charge in [-0.3, -0.25) is 0 Å². The highest BCUT2D eigenvalue weighted by Gasteiger charge is 2.42. The number of alkyl halides is 3. The Morgan fingerprint density at radius 3 is 2.79 bits per heavy atom. The highest BCUT2D eigenvalue weighted by molar-refractivity contribution is 5.90. The second kappa shape index (κ2) is 6.58. The molecule has 1 aromatic heterocycles. The van der Waals surface area contributed by atoms with Gasteiger partial charge in [0.15, 0.2) is 0 Å². The van der Waals surface area contributed by atoms with E-state index >= 15 is 0 Å². The van der Waals surface area contributed by atoms with Gasteiger partial charge in [-0.2, -0.15) is 13.2 Å². The standard InChI is InChI=1S/C16H19F3N2O3/c17-16(18,19)10-2-1-5-21(9-10)14-8-12(15(22)23)11-3-6-24-7-4-13(11)20-14/h8,10H,1-7,9H2,(H,22,23). The van der Waals surface area contributed by atoms with Crippen molar-refractivity contribution in [1.82, 2.24) is 4.98 Å². The number of ether oxygens (including phenoxy) is 1. The van der Waals surface area contributed by atoms with Crippen LogP contribution in [0.4, 0.5) is 19.0 Å². The van der Waals surface area contributed by atoms with Crippen LogP contribution in [0.15, 0.2) is 6.07 Å². The topological polar surface area (TPSA) is 62.7 Å². The summed E-state index contributed by atoms with van der Waals surface area (Å²) in [6, 6.07) is 1.41. The lowest BCUT2D eigenvalue weighted by Gasteiger charge is -2.35. The van der Waals surface area contributed by atoms with Crippen LogP contribution in [0.1, 0.15) is 34.5 Å². The highest BCUT2D eigenvalue weighted by atomic mass is 19.4. The van der Waals surface area contributed by atoms with E-state index in [4.69, 9.17) is 4.74 Å². The molecule has 8 heteroatoms. The van der Waals surface area contributed by atoms with Gasteiger partial charge in [-0.1, -0.05) is 0 Å². The predicted molar refractivity (Wildman–Crippen MR) is 80.4 cm³/mol. The van der Waals surface area contributed by atoms with Crippen LogP contribution in [0.2, 0.25) is 0 Å². The Hall–Kier alpha value is -1.83. The molecule has 2 aliphatic heterocycles. The Morgan fingerprint density at radius 2 is 2.08 bits per heavy atom. The van der Waals surface area contributed by atoms with Crippen LogP contribution in [-0.2, 0) is 17.6 Å². The zero-order chi connectivity index (χ0) is 17.3. The summed E-state index contributed by atoms with van der Waals surface area (Å²) in [5, 5.41) is 9.47. The summed E-state index contributed by atoms with van der Waals surface area (Å²) in [6.45, 7) is 1.14. The smallest absolute Gasteiger partial charge is 0.393 e. The van der Waals surface area contributed by atoms with Crippen LogP contribution in [0.5, 0.6) is 0 Å². The molecule has 0 aromatic carbocycles. The van der Waals surface area contributed by atoms with Crippen molar-refractivity contribution >= 4 is 11.8 Å². The predicted octanol–water partition coefficient (Wildman–Crippen LogP) is 2.67. The molecular weight excluding hydrogens is 325 g/mol. The van der Waals surface area contributed by atoms with Gasteiger partial charge in [-0.05, 0) is 30.9 Å². The van der Waals surface area contributed by atoms with E-state index in [1.165, 1.54) is 6.07 Å². The molecule has 1 saturated heterocycles. The minimum absolute atomic E-state index is 0.102. The van der Waals surface area contributed by atoms with Crippen LogP contribution in [0.25, 0.3) is 0 Å². The third kappa shape index (κ3) is 3.48. The minimum Gasteiger partial charge on any atom is -0.478 e. The summed E-state index contributed by atoms with van der Waals surface area (Å²) >= 11 is 0. The number of pyridine rings is 1. The number of carboxylic acid groups (broad SMARTS) is 1. The van der Waals surface area contributed by atoms with Crippen molar-refractivity contribution in [1.29, 1.82) is 0 Å². The molecule has 0 bridgehead atoms. The van der Waals surface area contributed by atoms with E-state index < -0.39 is 18.1 Å². The van der Waals surface area contributed by atoms with Crippen molar-refractivity contribution in [3.63, 3.8) is 0 Å². The van der Waals surface area contributed by atoms with E-state index in [-0.39, 0.29) is 18.5 Å². The van der Waals surface area contributed by atoms with Gasteiger partial charge >= 0.3 is 12.1 Å². The zero-order valence-corrected chi connectivity index (χ0v) is 13.1. The summed E-state index contributed by atoms with van der Waals surface area (Å²) in [7, 11) is 0. The molecule has 1 N–H and O–H groups in total. The highest BCUT2D eigenvalue weighted by Crippen LogP contribution is 2.35. The number of carboxylic acids is 1. The summed E-state index contributed by atoms with van der Waals surface area (Å²) in [5.41, 5.74) is 1.37. The first-order valence-electron chi connectivity index (χ1n) is 8.01. The fourth-order valence-electron chi connectivity index (χ4n) is 3.35. The van der Waals surface area contributed by atoms with E-state index in [1.54, 1.807) is 4.90 Å². The molecule has 5 nitrogen and oxygen atoms in total. The van der Waals surface area contributed by atoms with Crippen LogP contribution >= 0.6 is 0 Å². The number of nitrogens with zero attached hydrogens (tertiary/aromatic N) is 2. The van der Waals surface area contributed by atoms with Gasteiger partial charge in [-0.15, -0.1) is 0 Å². The average molecular weight is 344 g/mol. The molecule has 2 aliphatic rings. The molecule has 132 valence electrons. The Balaban J connectivity index is 1.94. The summed E-state index contributed by atoms with van der Waals surface area (Å²) in [4.78, 5) is 17.6. The number of aromatic nitrogens is 1.